The van der Waals surface area contributed by atoms with Gasteiger partial charge in [0.2, 0.25) is 5.95 Å². The van der Waals surface area contributed by atoms with Gasteiger partial charge in [0.05, 0.1) is 23.5 Å². The van der Waals surface area contributed by atoms with Gasteiger partial charge in [-0.2, -0.15) is 5.26 Å². The Morgan fingerprint density at radius 2 is 2.16 bits per heavy atom. The first-order valence-corrected chi connectivity index (χ1v) is 7.92. The molecule has 4 rings (SSSR count). The quantitative estimate of drug-likeness (QED) is 0.719. The van der Waals surface area contributed by atoms with Crippen LogP contribution < -0.4 is 4.90 Å². The van der Waals surface area contributed by atoms with Crippen LogP contribution in [0.5, 0.6) is 0 Å². The summed E-state index contributed by atoms with van der Waals surface area (Å²) in [6.45, 7) is 1.38. The Morgan fingerprint density at radius 1 is 1.24 bits per heavy atom. The van der Waals surface area contributed by atoms with E-state index in [0.717, 1.165) is 24.2 Å². The third-order valence-corrected chi connectivity index (χ3v) is 4.09. The van der Waals surface area contributed by atoms with E-state index in [-0.39, 0.29) is 5.91 Å². The third kappa shape index (κ3) is 2.74. The summed E-state index contributed by atoms with van der Waals surface area (Å²) < 4.78 is 1.96. The van der Waals surface area contributed by atoms with Gasteiger partial charge < -0.3 is 4.57 Å². The van der Waals surface area contributed by atoms with Gasteiger partial charge in [-0.3, -0.25) is 14.7 Å². The molecule has 0 saturated heterocycles. The molecule has 7 heteroatoms. The number of carbonyl (C=O) groups is 1. The number of carbonyl (C=O) groups excluding carboxylic acids is 1. The molecule has 0 atom stereocenters. The van der Waals surface area contributed by atoms with Crippen LogP contribution in [0.25, 0.3) is 11.3 Å². The molecule has 0 saturated carbocycles. The van der Waals surface area contributed by atoms with Gasteiger partial charge in [0.15, 0.2) is 0 Å². The summed E-state index contributed by atoms with van der Waals surface area (Å²) in [4.78, 5) is 27.0. The molecule has 25 heavy (non-hydrogen) atoms. The van der Waals surface area contributed by atoms with E-state index in [9.17, 15) is 4.79 Å². The van der Waals surface area contributed by atoms with Crippen LogP contribution in [0, 0.1) is 11.3 Å². The number of benzene rings is 1. The molecule has 0 bridgehead atoms. The summed E-state index contributed by atoms with van der Waals surface area (Å²) >= 11 is 0. The summed E-state index contributed by atoms with van der Waals surface area (Å²) in [5.41, 5.74) is 2.47. The summed E-state index contributed by atoms with van der Waals surface area (Å²) in [5, 5.41) is 9.07. The lowest BCUT2D eigenvalue weighted by atomic mass is 10.1. The molecule has 0 radical (unpaired) electrons. The number of amides is 1. The topological polar surface area (TPSA) is 87.7 Å². The van der Waals surface area contributed by atoms with Crippen molar-refractivity contribution in [1.29, 1.82) is 5.26 Å². The summed E-state index contributed by atoms with van der Waals surface area (Å²) in [6.07, 6.45) is 7.26. The Hall–Kier alpha value is -3.53. The fraction of sp³-hybridized carbons (Fsp3) is 0.167. The van der Waals surface area contributed by atoms with E-state index in [1.807, 2.05) is 22.9 Å². The number of hydrogen-bond acceptors (Lipinski definition) is 5. The average Bonchev–Trinajstić information content (AvgIpc) is 3.12. The summed E-state index contributed by atoms with van der Waals surface area (Å²) in [5.74, 6) is 0.385. The van der Waals surface area contributed by atoms with E-state index in [1.54, 1.807) is 17.0 Å². The molecular weight excluding hydrogens is 316 g/mol. The van der Waals surface area contributed by atoms with Crippen molar-refractivity contribution in [1.82, 2.24) is 19.5 Å². The van der Waals surface area contributed by atoms with Gasteiger partial charge in [-0.15, -0.1) is 0 Å². The number of nitriles is 1. The third-order valence-electron chi connectivity index (χ3n) is 4.09. The summed E-state index contributed by atoms with van der Waals surface area (Å²) in [6, 6.07) is 9.42. The van der Waals surface area contributed by atoms with Gasteiger partial charge >= 0.3 is 0 Å². The standard InChI is InChI=1S/C18H14N6O/c19-10-13-3-1-4-14(9-13)16-12-23-7-2-8-24(18(23)22-16)17(25)15-11-20-5-6-21-15/h1,3-6,9,11-12H,2,7-8H2. The Labute approximate surface area is 144 Å². The molecule has 0 spiro atoms. The molecule has 0 N–H and O–H groups in total. The molecule has 1 aliphatic heterocycles. The van der Waals surface area contributed by atoms with Crippen molar-refractivity contribution in [3.63, 3.8) is 0 Å². The lowest BCUT2D eigenvalue weighted by Crippen LogP contribution is -2.38. The minimum absolute atomic E-state index is 0.211. The molecule has 2 aromatic heterocycles. The number of anilines is 1. The summed E-state index contributed by atoms with van der Waals surface area (Å²) in [7, 11) is 0. The minimum atomic E-state index is -0.211. The number of nitrogens with zero attached hydrogens (tertiary/aromatic N) is 6. The van der Waals surface area contributed by atoms with Crippen LogP contribution in [0.3, 0.4) is 0 Å². The van der Waals surface area contributed by atoms with E-state index in [0.29, 0.717) is 23.8 Å². The smallest absolute Gasteiger partial charge is 0.280 e. The fourth-order valence-corrected chi connectivity index (χ4v) is 2.91. The fourth-order valence-electron chi connectivity index (χ4n) is 2.91. The number of aryl methyl sites for hydroxylation is 1. The van der Waals surface area contributed by atoms with E-state index in [2.05, 4.69) is 21.0 Å². The normalized spacial score (nSPS) is 13.2. The molecule has 0 aliphatic carbocycles. The van der Waals surface area contributed by atoms with Gasteiger partial charge in [-0.25, -0.2) is 9.97 Å². The van der Waals surface area contributed by atoms with Crippen LogP contribution in [-0.2, 0) is 6.54 Å². The molecule has 1 amide bonds. The second-order valence-corrected chi connectivity index (χ2v) is 5.71. The largest absolute Gasteiger partial charge is 0.316 e. The monoisotopic (exact) mass is 330 g/mol. The number of hydrogen-bond donors (Lipinski definition) is 0. The highest BCUT2D eigenvalue weighted by atomic mass is 16.2. The molecule has 3 aromatic rings. The highest BCUT2D eigenvalue weighted by Gasteiger charge is 2.27. The predicted molar refractivity (Wildman–Crippen MR) is 90.7 cm³/mol. The van der Waals surface area contributed by atoms with Gasteiger partial charge in [0.1, 0.15) is 5.69 Å². The SMILES string of the molecule is N#Cc1cccc(-c2cn3c(n2)N(C(=O)c2cnccn2)CCC3)c1. The maximum absolute atomic E-state index is 12.7. The number of aromatic nitrogens is 4. The highest BCUT2D eigenvalue weighted by Crippen LogP contribution is 2.27. The Balaban J connectivity index is 1.72. The van der Waals surface area contributed by atoms with Gasteiger partial charge in [0.25, 0.3) is 5.91 Å². The van der Waals surface area contributed by atoms with E-state index < -0.39 is 0 Å². The number of rotatable bonds is 2. The van der Waals surface area contributed by atoms with Crippen LogP contribution in [-0.4, -0.2) is 32.0 Å². The lowest BCUT2D eigenvalue weighted by molar-refractivity contribution is 0.0976. The minimum Gasteiger partial charge on any atom is -0.316 e. The zero-order valence-electron chi connectivity index (χ0n) is 13.3. The first-order valence-electron chi connectivity index (χ1n) is 7.92. The molecule has 7 nitrogen and oxygen atoms in total. The van der Waals surface area contributed by atoms with Gasteiger partial charge in [-0.1, -0.05) is 12.1 Å². The van der Waals surface area contributed by atoms with Crippen LogP contribution in [0.2, 0.25) is 0 Å². The van der Waals surface area contributed by atoms with Crippen LogP contribution in [0.1, 0.15) is 22.5 Å². The molecule has 0 fully saturated rings. The van der Waals surface area contributed by atoms with Crippen molar-refractivity contribution < 1.29 is 4.79 Å². The van der Waals surface area contributed by atoms with Crippen LogP contribution in [0.4, 0.5) is 5.95 Å². The number of fused-ring (bicyclic) bond motifs is 1. The molecule has 3 heterocycles. The van der Waals surface area contributed by atoms with Crippen molar-refractivity contribution >= 4 is 11.9 Å². The second-order valence-electron chi connectivity index (χ2n) is 5.71. The average molecular weight is 330 g/mol. The zero-order chi connectivity index (χ0) is 17.2. The molecule has 1 aromatic carbocycles. The van der Waals surface area contributed by atoms with Crippen molar-refractivity contribution in [3.05, 3.63) is 60.3 Å². The van der Waals surface area contributed by atoms with Crippen molar-refractivity contribution in [2.75, 3.05) is 11.4 Å². The van der Waals surface area contributed by atoms with Gasteiger partial charge in [-0.05, 0) is 18.6 Å². The first kappa shape index (κ1) is 15.0. The zero-order valence-corrected chi connectivity index (χ0v) is 13.3. The molecule has 1 aliphatic rings. The number of imidazole rings is 1. The molecular formula is C18H14N6O. The van der Waals surface area contributed by atoms with Crippen molar-refractivity contribution in [2.24, 2.45) is 0 Å². The predicted octanol–water partition coefficient (Wildman–Crippen LogP) is 2.26. The van der Waals surface area contributed by atoms with Crippen LogP contribution in [0.15, 0.2) is 49.1 Å². The first-order chi connectivity index (χ1) is 12.3. The Bertz CT molecular complexity index is 973. The Kier molecular flexibility index (Phi) is 3.71. The Morgan fingerprint density at radius 3 is 2.96 bits per heavy atom. The maximum Gasteiger partial charge on any atom is 0.280 e. The lowest BCUT2D eigenvalue weighted by Gasteiger charge is -2.26. The molecule has 0 unspecified atom stereocenters. The van der Waals surface area contributed by atoms with Crippen molar-refractivity contribution in [2.45, 2.75) is 13.0 Å². The van der Waals surface area contributed by atoms with E-state index in [4.69, 9.17) is 5.26 Å². The van der Waals surface area contributed by atoms with Gasteiger partial charge in [0, 0.05) is 37.2 Å². The van der Waals surface area contributed by atoms with E-state index in [1.165, 1.54) is 18.6 Å². The molecule has 122 valence electrons. The van der Waals surface area contributed by atoms with E-state index >= 15 is 0 Å². The second kappa shape index (κ2) is 6.17. The maximum atomic E-state index is 12.7. The van der Waals surface area contributed by atoms with Crippen LogP contribution >= 0.6 is 0 Å². The van der Waals surface area contributed by atoms with Crippen molar-refractivity contribution in [3.8, 4) is 17.3 Å². The highest BCUT2D eigenvalue weighted by molar-refractivity contribution is 6.03.